The van der Waals surface area contributed by atoms with Crippen LogP contribution in [0.3, 0.4) is 0 Å². The first-order valence-corrected chi connectivity index (χ1v) is 9.00. The molecule has 26 heavy (non-hydrogen) atoms. The van der Waals surface area contributed by atoms with Crippen molar-refractivity contribution >= 4 is 63.5 Å². The van der Waals surface area contributed by atoms with Crippen LogP contribution in [0.15, 0.2) is 53.4 Å². The third-order valence-corrected chi connectivity index (χ3v) is 4.91. The molecule has 1 heterocycles. The normalized spacial score (nSPS) is 15.6. The van der Waals surface area contributed by atoms with Gasteiger partial charge in [0.05, 0.1) is 16.6 Å². The number of carboxylic acid groups (broad SMARTS) is 1. The van der Waals surface area contributed by atoms with Gasteiger partial charge in [0.1, 0.15) is 12.4 Å². The number of carbonyl (C=O) groups excluding carboxylic acids is 2. The molecule has 2 aromatic rings. The van der Waals surface area contributed by atoms with Gasteiger partial charge in [-0.05, 0) is 42.0 Å². The predicted octanol–water partition coefficient (Wildman–Crippen LogP) is 2.87. The molecule has 1 saturated heterocycles. The molecule has 2 aromatic carbocycles. The second-order valence-corrected chi connectivity index (χ2v) is 7.34. The van der Waals surface area contributed by atoms with Gasteiger partial charge in [-0.1, -0.05) is 53.8 Å². The first-order valence-electron chi connectivity index (χ1n) is 7.40. The Balaban J connectivity index is 1.84. The molecular formula is C18H11ClNO4S2-. The number of rotatable bonds is 5. The fourth-order valence-electron chi connectivity index (χ4n) is 2.29. The van der Waals surface area contributed by atoms with Crippen molar-refractivity contribution in [3.63, 3.8) is 0 Å². The number of carbonyl (C=O) groups is 2. The zero-order chi connectivity index (χ0) is 18.7. The van der Waals surface area contributed by atoms with Crippen molar-refractivity contribution in [1.82, 2.24) is 0 Å². The summed E-state index contributed by atoms with van der Waals surface area (Å²) in [5.74, 6) is -1.19. The Labute approximate surface area is 164 Å². The monoisotopic (exact) mass is 404 g/mol. The van der Waals surface area contributed by atoms with Gasteiger partial charge in [-0.2, -0.15) is 0 Å². The van der Waals surface area contributed by atoms with Crippen molar-refractivity contribution in [2.75, 3.05) is 11.5 Å². The van der Waals surface area contributed by atoms with Crippen molar-refractivity contribution < 1.29 is 19.4 Å². The molecule has 1 aliphatic rings. The molecule has 0 aromatic heterocycles. The van der Waals surface area contributed by atoms with E-state index in [0.717, 1.165) is 0 Å². The SMILES string of the molecule is O=C([O-])COc1cccc(/C=C2/SC(=S)N(c3cccc(Cl)c3)C2=O)c1. The minimum absolute atomic E-state index is 0.247. The number of amides is 1. The van der Waals surface area contributed by atoms with Crippen LogP contribution in [-0.2, 0) is 9.59 Å². The highest BCUT2D eigenvalue weighted by Gasteiger charge is 2.33. The summed E-state index contributed by atoms with van der Waals surface area (Å²) in [6.07, 6.45) is 1.68. The summed E-state index contributed by atoms with van der Waals surface area (Å²) < 4.78 is 5.50. The fraction of sp³-hybridized carbons (Fsp3) is 0.0556. The highest BCUT2D eigenvalue weighted by molar-refractivity contribution is 8.27. The van der Waals surface area contributed by atoms with Crippen LogP contribution in [0.4, 0.5) is 5.69 Å². The second-order valence-electron chi connectivity index (χ2n) is 5.23. The lowest BCUT2D eigenvalue weighted by Gasteiger charge is -2.14. The highest BCUT2D eigenvalue weighted by atomic mass is 35.5. The first-order chi connectivity index (χ1) is 12.4. The second kappa shape index (κ2) is 7.90. The summed E-state index contributed by atoms with van der Waals surface area (Å²) in [6, 6.07) is 13.6. The molecule has 1 aliphatic heterocycles. The predicted molar refractivity (Wildman–Crippen MR) is 104 cm³/mol. The Bertz CT molecular complexity index is 929. The molecule has 8 heteroatoms. The van der Waals surface area contributed by atoms with Gasteiger partial charge in [0, 0.05) is 5.02 Å². The molecule has 1 fully saturated rings. The molecular weight excluding hydrogens is 394 g/mol. The highest BCUT2D eigenvalue weighted by Crippen LogP contribution is 2.36. The molecule has 0 spiro atoms. The van der Waals surface area contributed by atoms with Crippen molar-refractivity contribution in [1.29, 1.82) is 0 Å². The summed E-state index contributed by atoms with van der Waals surface area (Å²) in [5, 5.41) is 11.0. The van der Waals surface area contributed by atoms with Crippen molar-refractivity contribution in [2.45, 2.75) is 0 Å². The van der Waals surface area contributed by atoms with Crippen LogP contribution < -0.4 is 14.7 Å². The molecule has 0 saturated carbocycles. The number of thiocarbonyl (C=S) groups is 1. The minimum atomic E-state index is -1.31. The maximum atomic E-state index is 12.7. The van der Waals surface area contributed by atoms with Gasteiger partial charge in [-0.25, -0.2) is 0 Å². The molecule has 1 amide bonds. The number of anilines is 1. The Morgan fingerprint density at radius 3 is 2.77 bits per heavy atom. The summed E-state index contributed by atoms with van der Waals surface area (Å²) in [6.45, 7) is -0.541. The lowest BCUT2D eigenvalue weighted by atomic mass is 10.2. The minimum Gasteiger partial charge on any atom is -0.546 e. The Kier molecular flexibility index (Phi) is 5.61. The van der Waals surface area contributed by atoms with Crippen LogP contribution in [0.25, 0.3) is 6.08 Å². The quantitative estimate of drug-likeness (QED) is 0.563. The van der Waals surface area contributed by atoms with Gasteiger partial charge in [0.15, 0.2) is 4.32 Å². The standard InChI is InChI=1S/C18H12ClNO4S2/c19-12-4-2-5-13(9-12)20-17(23)15(26-18(20)25)8-11-3-1-6-14(7-11)24-10-16(21)22/h1-9H,10H2,(H,21,22)/p-1/b15-8+. The van der Waals surface area contributed by atoms with Crippen LogP contribution in [0.5, 0.6) is 5.75 Å². The number of benzene rings is 2. The van der Waals surface area contributed by atoms with E-state index >= 15 is 0 Å². The number of hydrogen-bond donors (Lipinski definition) is 0. The lowest BCUT2D eigenvalue weighted by Crippen LogP contribution is -2.28. The number of ether oxygens (including phenoxy) is 1. The van der Waals surface area contributed by atoms with Gasteiger partial charge >= 0.3 is 0 Å². The summed E-state index contributed by atoms with van der Waals surface area (Å²) in [5.41, 5.74) is 1.29. The van der Waals surface area contributed by atoms with Gasteiger partial charge < -0.3 is 14.6 Å². The number of aliphatic carboxylic acids is 1. The van der Waals surface area contributed by atoms with E-state index in [4.69, 9.17) is 28.6 Å². The third kappa shape index (κ3) is 4.24. The Morgan fingerprint density at radius 1 is 1.27 bits per heavy atom. The molecule has 132 valence electrons. The number of thioether (sulfide) groups is 1. The van der Waals surface area contributed by atoms with E-state index in [-0.39, 0.29) is 5.91 Å². The van der Waals surface area contributed by atoms with Crippen molar-refractivity contribution in [3.8, 4) is 5.75 Å². The van der Waals surface area contributed by atoms with Crippen LogP contribution in [-0.4, -0.2) is 22.8 Å². The van der Waals surface area contributed by atoms with Gasteiger partial charge in [-0.3, -0.25) is 9.69 Å². The maximum Gasteiger partial charge on any atom is 0.270 e. The van der Waals surface area contributed by atoms with Crippen LogP contribution in [0.1, 0.15) is 5.56 Å². The van der Waals surface area contributed by atoms with E-state index in [1.54, 1.807) is 54.6 Å². The summed E-state index contributed by atoms with van der Waals surface area (Å²) in [7, 11) is 0. The van der Waals surface area contributed by atoms with Gasteiger partial charge in [0.2, 0.25) is 0 Å². The average Bonchev–Trinajstić information content (AvgIpc) is 2.87. The number of carboxylic acids is 1. The van der Waals surface area contributed by atoms with E-state index in [1.165, 1.54) is 16.7 Å². The molecule has 0 radical (unpaired) electrons. The number of hydrogen-bond acceptors (Lipinski definition) is 6. The number of nitrogens with zero attached hydrogens (tertiary/aromatic N) is 1. The first kappa shape index (κ1) is 18.4. The molecule has 0 N–H and O–H groups in total. The largest absolute Gasteiger partial charge is 0.546 e. The van der Waals surface area contributed by atoms with Crippen LogP contribution in [0.2, 0.25) is 5.02 Å². The molecule has 0 bridgehead atoms. The Hall–Kier alpha value is -2.35. The van der Waals surface area contributed by atoms with E-state index in [1.807, 2.05) is 0 Å². The van der Waals surface area contributed by atoms with E-state index in [9.17, 15) is 14.7 Å². The fourth-order valence-corrected chi connectivity index (χ4v) is 3.78. The lowest BCUT2D eigenvalue weighted by molar-refractivity contribution is -0.307. The molecule has 0 aliphatic carbocycles. The average molecular weight is 405 g/mol. The van der Waals surface area contributed by atoms with E-state index in [2.05, 4.69) is 0 Å². The van der Waals surface area contributed by atoms with Crippen LogP contribution >= 0.6 is 35.6 Å². The Morgan fingerprint density at radius 2 is 2.04 bits per heavy atom. The smallest absolute Gasteiger partial charge is 0.270 e. The maximum absolute atomic E-state index is 12.7. The summed E-state index contributed by atoms with van der Waals surface area (Å²) >= 11 is 12.5. The van der Waals surface area contributed by atoms with Crippen molar-refractivity contribution in [3.05, 3.63) is 64.0 Å². The number of halogens is 1. The van der Waals surface area contributed by atoms with E-state index < -0.39 is 12.6 Å². The molecule has 0 unspecified atom stereocenters. The molecule has 3 rings (SSSR count). The zero-order valence-electron chi connectivity index (χ0n) is 13.2. The van der Waals surface area contributed by atoms with Gasteiger partial charge in [-0.15, -0.1) is 0 Å². The van der Waals surface area contributed by atoms with E-state index in [0.29, 0.717) is 31.2 Å². The molecule has 0 atom stereocenters. The van der Waals surface area contributed by atoms with Crippen molar-refractivity contribution in [2.24, 2.45) is 0 Å². The third-order valence-electron chi connectivity index (χ3n) is 3.37. The summed E-state index contributed by atoms with van der Waals surface area (Å²) in [4.78, 5) is 25.1. The van der Waals surface area contributed by atoms with Crippen LogP contribution in [0, 0.1) is 0 Å². The zero-order valence-corrected chi connectivity index (χ0v) is 15.6. The molecule has 5 nitrogen and oxygen atoms in total. The van der Waals surface area contributed by atoms with Gasteiger partial charge in [0.25, 0.3) is 5.91 Å². The topological polar surface area (TPSA) is 69.7 Å².